The van der Waals surface area contributed by atoms with Crippen LogP contribution in [0.1, 0.15) is 29.6 Å². The van der Waals surface area contributed by atoms with E-state index in [1.54, 1.807) is 6.26 Å². The molecular weight excluding hydrogens is 465 g/mol. The SMILES string of the molecule is CCNC(=NCc1coc(-c2ccc(C)cc2)n1)NCc1cccc(C)n1.I. The van der Waals surface area contributed by atoms with Gasteiger partial charge < -0.3 is 15.1 Å². The van der Waals surface area contributed by atoms with Crippen LogP contribution in [0.4, 0.5) is 0 Å². The van der Waals surface area contributed by atoms with E-state index in [1.807, 2.05) is 56.3 Å². The standard InChI is InChI=1S/C21H25N5O.HI/c1-4-22-21(23-12-18-7-5-6-16(3)25-18)24-13-19-14-27-20(26-19)17-10-8-15(2)9-11-17;/h5-11,14H,4,12-13H2,1-3H3,(H2,22,23,24);1H. The first-order chi connectivity index (χ1) is 13.1. The number of rotatable bonds is 6. The molecule has 2 N–H and O–H groups in total. The zero-order chi connectivity index (χ0) is 19.1. The molecule has 6 nitrogen and oxygen atoms in total. The molecule has 0 aliphatic carbocycles. The van der Waals surface area contributed by atoms with Crippen molar-refractivity contribution in [3.8, 4) is 11.5 Å². The molecule has 2 aromatic heterocycles. The number of aryl methyl sites for hydroxylation is 2. The summed E-state index contributed by atoms with van der Waals surface area (Å²) in [4.78, 5) is 13.6. The molecule has 0 amide bonds. The molecule has 28 heavy (non-hydrogen) atoms. The molecule has 3 aromatic rings. The molecule has 0 saturated carbocycles. The first kappa shape index (κ1) is 21.9. The van der Waals surface area contributed by atoms with E-state index in [4.69, 9.17) is 4.42 Å². The van der Waals surface area contributed by atoms with Gasteiger partial charge >= 0.3 is 0 Å². The summed E-state index contributed by atoms with van der Waals surface area (Å²) >= 11 is 0. The van der Waals surface area contributed by atoms with E-state index in [0.717, 1.165) is 35.1 Å². The summed E-state index contributed by atoms with van der Waals surface area (Å²) in [7, 11) is 0. The fraction of sp³-hybridized carbons (Fsp3) is 0.286. The van der Waals surface area contributed by atoms with Crippen LogP contribution in [-0.2, 0) is 13.1 Å². The van der Waals surface area contributed by atoms with E-state index in [-0.39, 0.29) is 24.0 Å². The number of nitrogens with one attached hydrogen (secondary N) is 2. The Balaban J connectivity index is 0.00000280. The Kier molecular flexibility index (Phi) is 8.43. The van der Waals surface area contributed by atoms with E-state index in [1.165, 1.54) is 5.56 Å². The van der Waals surface area contributed by atoms with Gasteiger partial charge in [0.15, 0.2) is 5.96 Å². The molecular formula is C21H26IN5O. The molecule has 7 heteroatoms. The Bertz CT molecular complexity index is 905. The van der Waals surface area contributed by atoms with Crippen molar-refractivity contribution in [2.24, 2.45) is 4.99 Å². The number of oxazole rings is 1. The first-order valence-electron chi connectivity index (χ1n) is 9.10. The number of hydrogen-bond donors (Lipinski definition) is 2. The summed E-state index contributed by atoms with van der Waals surface area (Å²) in [6, 6.07) is 14.1. The Hall–Kier alpha value is -2.42. The highest BCUT2D eigenvalue weighted by molar-refractivity contribution is 14.0. The van der Waals surface area contributed by atoms with E-state index in [2.05, 4.69) is 32.5 Å². The lowest BCUT2D eigenvalue weighted by molar-refractivity contribution is 0.572. The van der Waals surface area contributed by atoms with E-state index >= 15 is 0 Å². The second-order valence-corrected chi connectivity index (χ2v) is 6.33. The third kappa shape index (κ3) is 6.33. The summed E-state index contributed by atoms with van der Waals surface area (Å²) in [5.74, 6) is 1.34. The Labute approximate surface area is 182 Å². The van der Waals surface area contributed by atoms with Gasteiger partial charge in [-0.1, -0.05) is 23.8 Å². The number of pyridine rings is 1. The normalized spacial score (nSPS) is 11.0. The van der Waals surface area contributed by atoms with Gasteiger partial charge in [-0.05, 0) is 45.0 Å². The van der Waals surface area contributed by atoms with Gasteiger partial charge in [0.05, 0.1) is 18.8 Å². The fourth-order valence-corrected chi connectivity index (χ4v) is 2.58. The minimum atomic E-state index is 0. The van der Waals surface area contributed by atoms with Gasteiger partial charge in [-0.25, -0.2) is 9.98 Å². The van der Waals surface area contributed by atoms with Crippen molar-refractivity contribution < 1.29 is 4.42 Å². The summed E-state index contributed by atoms with van der Waals surface area (Å²) in [5, 5.41) is 6.53. The average molecular weight is 491 g/mol. The molecule has 148 valence electrons. The molecule has 3 rings (SSSR count). The zero-order valence-electron chi connectivity index (χ0n) is 16.4. The van der Waals surface area contributed by atoms with Gasteiger partial charge in [0.25, 0.3) is 0 Å². The quantitative estimate of drug-likeness (QED) is 0.307. The van der Waals surface area contributed by atoms with E-state index in [9.17, 15) is 0 Å². The number of benzene rings is 1. The first-order valence-corrected chi connectivity index (χ1v) is 9.10. The van der Waals surface area contributed by atoms with Crippen LogP contribution in [0.25, 0.3) is 11.5 Å². The van der Waals surface area contributed by atoms with Crippen LogP contribution < -0.4 is 10.6 Å². The second-order valence-electron chi connectivity index (χ2n) is 6.33. The van der Waals surface area contributed by atoms with Crippen molar-refractivity contribution in [1.29, 1.82) is 0 Å². The van der Waals surface area contributed by atoms with Crippen molar-refractivity contribution in [1.82, 2.24) is 20.6 Å². The Morgan fingerprint density at radius 2 is 1.79 bits per heavy atom. The van der Waals surface area contributed by atoms with Crippen LogP contribution >= 0.6 is 24.0 Å². The van der Waals surface area contributed by atoms with Gasteiger partial charge in [-0.15, -0.1) is 24.0 Å². The molecule has 1 aromatic carbocycles. The predicted octanol–water partition coefficient (Wildman–Crippen LogP) is 4.23. The lowest BCUT2D eigenvalue weighted by Crippen LogP contribution is -2.37. The summed E-state index contributed by atoms with van der Waals surface area (Å²) in [6.07, 6.45) is 1.66. The molecule has 0 spiro atoms. The minimum Gasteiger partial charge on any atom is -0.444 e. The van der Waals surface area contributed by atoms with Gasteiger partial charge in [0.2, 0.25) is 5.89 Å². The zero-order valence-corrected chi connectivity index (χ0v) is 18.7. The number of halogens is 1. The third-order valence-electron chi connectivity index (χ3n) is 3.98. The van der Waals surface area contributed by atoms with Crippen LogP contribution in [0, 0.1) is 13.8 Å². The second kappa shape index (κ2) is 10.8. The molecule has 0 atom stereocenters. The molecule has 0 aliphatic rings. The monoisotopic (exact) mass is 491 g/mol. The maximum atomic E-state index is 5.59. The summed E-state index contributed by atoms with van der Waals surface area (Å²) < 4.78 is 5.59. The minimum absolute atomic E-state index is 0. The lowest BCUT2D eigenvalue weighted by Gasteiger charge is -2.10. The van der Waals surface area contributed by atoms with Crippen LogP contribution in [0.3, 0.4) is 0 Å². The van der Waals surface area contributed by atoms with Crippen molar-refractivity contribution >= 4 is 29.9 Å². The van der Waals surface area contributed by atoms with Crippen molar-refractivity contribution in [3.05, 3.63) is 71.4 Å². The number of hydrogen-bond acceptors (Lipinski definition) is 4. The van der Waals surface area contributed by atoms with Gasteiger partial charge in [0, 0.05) is 17.8 Å². The van der Waals surface area contributed by atoms with E-state index < -0.39 is 0 Å². The van der Waals surface area contributed by atoms with Crippen molar-refractivity contribution in [2.45, 2.75) is 33.9 Å². The summed E-state index contributed by atoms with van der Waals surface area (Å²) in [6.45, 7) is 7.90. The maximum Gasteiger partial charge on any atom is 0.226 e. The van der Waals surface area contributed by atoms with Crippen LogP contribution in [-0.4, -0.2) is 22.5 Å². The van der Waals surface area contributed by atoms with Crippen LogP contribution in [0.2, 0.25) is 0 Å². The van der Waals surface area contributed by atoms with Crippen LogP contribution in [0.5, 0.6) is 0 Å². The maximum absolute atomic E-state index is 5.59. The average Bonchev–Trinajstić information content (AvgIpc) is 3.14. The third-order valence-corrected chi connectivity index (χ3v) is 3.98. The Morgan fingerprint density at radius 1 is 1.00 bits per heavy atom. The highest BCUT2D eigenvalue weighted by atomic mass is 127. The molecule has 0 radical (unpaired) electrons. The largest absolute Gasteiger partial charge is 0.444 e. The molecule has 0 bridgehead atoms. The van der Waals surface area contributed by atoms with Crippen molar-refractivity contribution in [2.75, 3.05) is 6.54 Å². The Morgan fingerprint density at radius 3 is 2.50 bits per heavy atom. The topological polar surface area (TPSA) is 75.3 Å². The molecule has 0 aliphatic heterocycles. The molecule has 2 heterocycles. The van der Waals surface area contributed by atoms with Crippen molar-refractivity contribution in [3.63, 3.8) is 0 Å². The van der Waals surface area contributed by atoms with Gasteiger partial charge in [0.1, 0.15) is 12.0 Å². The number of nitrogens with zero attached hydrogens (tertiary/aromatic N) is 3. The molecule has 0 saturated heterocycles. The highest BCUT2D eigenvalue weighted by Gasteiger charge is 2.07. The van der Waals surface area contributed by atoms with Gasteiger partial charge in [-0.3, -0.25) is 4.98 Å². The van der Waals surface area contributed by atoms with Crippen LogP contribution in [0.15, 0.2) is 58.1 Å². The lowest BCUT2D eigenvalue weighted by atomic mass is 10.1. The fourth-order valence-electron chi connectivity index (χ4n) is 2.58. The highest BCUT2D eigenvalue weighted by Crippen LogP contribution is 2.19. The summed E-state index contributed by atoms with van der Waals surface area (Å²) in [5.41, 5.74) is 4.94. The van der Waals surface area contributed by atoms with E-state index in [0.29, 0.717) is 19.0 Å². The van der Waals surface area contributed by atoms with Gasteiger partial charge in [-0.2, -0.15) is 0 Å². The predicted molar refractivity (Wildman–Crippen MR) is 123 cm³/mol. The molecule has 0 fully saturated rings. The number of aliphatic imine (C=N–C) groups is 1. The number of aromatic nitrogens is 2. The smallest absolute Gasteiger partial charge is 0.226 e. The molecule has 0 unspecified atom stereocenters. The number of guanidine groups is 1.